The van der Waals surface area contributed by atoms with Crippen molar-refractivity contribution in [2.24, 2.45) is 5.73 Å². The van der Waals surface area contributed by atoms with Gasteiger partial charge in [-0.2, -0.15) is 0 Å². The SMILES string of the molecule is CCC(CC)(C(N)Cc1cccc(C)c1)N1CCCC1. The van der Waals surface area contributed by atoms with Crippen LogP contribution in [0.1, 0.15) is 50.7 Å². The van der Waals surface area contributed by atoms with E-state index in [-0.39, 0.29) is 11.6 Å². The zero-order valence-electron chi connectivity index (χ0n) is 13.4. The van der Waals surface area contributed by atoms with E-state index in [4.69, 9.17) is 5.73 Å². The molecule has 0 aromatic heterocycles. The van der Waals surface area contributed by atoms with Gasteiger partial charge in [-0.25, -0.2) is 0 Å². The highest BCUT2D eigenvalue weighted by Gasteiger charge is 2.40. The molecular formula is C18H30N2. The standard InChI is InChI=1S/C18H30N2/c1-4-18(5-2,20-11-6-7-12-20)17(19)14-16-10-8-9-15(3)13-16/h8-10,13,17H,4-7,11-12,14,19H2,1-3H3. The van der Waals surface area contributed by atoms with Crippen molar-refractivity contribution in [1.29, 1.82) is 0 Å². The smallest absolute Gasteiger partial charge is 0.0358 e. The Labute approximate surface area is 124 Å². The van der Waals surface area contributed by atoms with Gasteiger partial charge < -0.3 is 5.73 Å². The molecule has 1 atom stereocenters. The van der Waals surface area contributed by atoms with Gasteiger partial charge in [0.25, 0.3) is 0 Å². The average Bonchev–Trinajstić information content (AvgIpc) is 2.95. The molecule has 112 valence electrons. The van der Waals surface area contributed by atoms with Crippen molar-refractivity contribution in [3.63, 3.8) is 0 Å². The maximum atomic E-state index is 6.69. The molecule has 2 N–H and O–H groups in total. The van der Waals surface area contributed by atoms with Crippen LogP contribution in [0.3, 0.4) is 0 Å². The second-order valence-corrected chi connectivity index (χ2v) is 6.30. The van der Waals surface area contributed by atoms with E-state index >= 15 is 0 Å². The molecule has 2 rings (SSSR count). The number of rotatable bonds is 6. The van der Waals surface area contributed by atoms with Crippen molar-refractivity contribution in [3.8, 4) is 0 Å². The number of nitrogens with zero attached hydrogens (tertiary/aromatic N) is 1. The lowest BCUT2D eigenvalue weighted by Crippen LogP contribution is -2.59. The van der Waals surface area contributed by atoms with Crippen LogP contribution in [-0.4, -0.2) is 29.6 Å². The zero-order chi connectivity index (χ0) is 14.6. The van der Waals surface area contributed by atoms with Crippen LogP contribution < -0.4 is 5.73 Å². The van der Waals surface area contributed by atoms with Crippen LogP contribution in [0, 0.1) is 6.92 Å². The molecule has 20 heavy (non-hydrogen) atoms. The molecule has 0 spiro atoms. The van der Waals surface area contributed by atoms with Crippen molar-refractivity contribution >= 4 is 0 Å². The minimum absolute atomic E-state index is 0.181. The Hall–Kier alpha value is -0.860. The lowest BCUT2D eigenvalue weighted by atomic mass is 9.80. The van der Waals surface area contributed by atoms with E-state index in [0.29, 0.717) is 0 Å². The van der Waals surface area contributed by atoms with Gasteiger partial charge in [0.15, 0.2) is 0 Å². The van der Waals surface area contributed by atoms with Gasteiger partial charge in [0, 0.05) is 11.6 Å². The van der Waals surface area contributed by atoms with Gasteiger partial charge in [-0.3, -0.25) is 4.90 Å². The molecule has 1 fully saturated rings. The van der Waals surface area contributed by atoms with Crippen LogP contribution >= 0.6 is 0 Å². The van der Waals surface area contributed by atoms with Crippen molar-refractivity contribution in [1.82, 2.24) is 4.90 Å². The number of nitrogens with two attached hydrogens (primary N) is 1. The Kier molecular flexibility index (Phi) is 5.22. The summed E-state index contributed by atoms with van der Waals surface area (Å²) in [6, 6.07) is 9.01. The summed E-state index contributed by atoms with van der Waals surface area (Å²) in [7, 11) is 0. The van der Waals surface area contributed by atoms with Crippen molar-refractivity contribution in [2.45, 2.75) is 64.5 Å². The van der Waals surface area contributed by atoms with Gasteiger partial charge in [0.05, 0.1) is 0 Å². The number of benzene rings is 1. The topological polar surface area (TPSA) is 29.3 Å². The Morgan fingerprint density at radius 2 is 1.85 bits per heavy atom. The van der Waals surface area contributed by atoms with Crippen LogP contribution in [0.25, 0.3) is 0 Å². The van der Waals surface area contributed by atoms with Gasteiger partial charge >= 0.3 is 0 Å². The lowest BCUT2D eigenvalue weighted by Gasteiger charge is -2.45. The zero-order valence-corrected chi connectivity index (χ0v) is 13.4. The highest BCUT2D eigenvalue weighted by molar-refractivity contribution is 5.24. The predicted octanol–water partition coefficient (Wildman–Crippen LogP) is 3.52. The molecule has 1 unspecified atom stereocenters. The van der Waals surface area contributed by atoms with E-state index in [1.807, 2.05) is 0 Å². The normalized spacial score (nSPS) is 18.4. The minimum atomic E-state index is 0.181. The maximum absolute atomic E-state index is 6.69. The van der Waals surface area contributed by atoms with Gasteiger partial charge in [-0.15, -0.1) is 0 Å². The third kappa shape index (κ3) is 3.07. The van der Waals surface area contributed by atoms with Crippen molar-refractivity contribution < 1.29 is 0 Å². The molecule has 0 saturated carbocycles. The molecule has 1 saturated heterocycles. The first-order valence-corrected chi connectivity index (χ1v) is 8.18. The predicted molar refractivity (Wildman–Crippen MR) is 87.0 cm³/mol. The molecular weight excluding hydrogens is 244 g/mol. The Morgan fingerprint density at radius 1 is 1.20 bits per heavy atom. The van der Waals surface area contributed by atoms with E-state index in [2.05, 4.69) is 49.9 Å². The highest BCUT2D eigenvalue weighted by atomic mass is 15.2. The fraction of sp³-hybridized carbons (Fsp3) is 0.667. The first kappa shape index (κ1) is 15.5. The average molecular weight is 274 g/mol. The molecule has 1 aliphatic heterocycles. The number of hydrogen-bond donors (Lipinski definition) is 1. The van der Waals surface area contributed by atoms with E-state index in [0.717, 1.165) is 19.3 Å². The van der Waals surface area contributed by atoms with Crippen molar-refractivity contribution in [2.75, 3.05) is 13.1 Å². The third-order valence-electron chi connectivity index (χ3n) is 5.19. The van der Waals surface area contributed by atoms with Crippen LogP contribution in [0.4, 0.5) is 0 Å². The van der Waals surface area contributed by atoms with E-state index in [1.54, 1.807) is 0 Å². The van der Waals surface area contributed by atoms with Gasteiger partial charge in [0.1, 0.15) is 0 Å². The molecule has 1 aromatic rings. The molecule has 0 bridgehead atoms. The first-order valence-electron chi connectivity index (χ1n) is 8.18. The van der Waals surface area contributed by atoms with E-state index < -0.39 is 0 Å². The molecule has 0 radical (unpaired) electrons. The fourth-order valence-electron chi connectivity index (χ4n) is 3.90. The summed E-state index contributed by atoms with van der Waals surface area (Å²) in [6.45, 7) is 9.21. The molecule has 1 heterocycles. The Morgan fingerprint density at radius 3 is 2.40 bits per heavy atom. The minimum Gasteiger partial charge on any atom is -0.326 e. The Bertz CT molecular complexity index is 417. The van der Waals surface area contributed by atoms with E-state index in [9.17, 15) is 0 Å². The van der Waals surface area contributed by atoms with Gasteiger partial charge in [0.2, 0.25) is 0 Å². The number of aryl methyl sites for hydroxylation is 1. The largest absolute Gasteiger partial charge is 0.326 e. The van der Waals surface area contributed by atoms with Gasteiger partial charge in [-0.05, 0) is 57.7 Å². The maximum Gasteiger partial charge on any atom is 0.0358 e. The van der Waals surface area contributed by atoms with Crippen LogP contribution in [0.15, 0.2) is 24.3 Å². The van der Waals surface area contributed by atoms with Crippen LogP contribution in [0.2, 0.25) is 0 Å². The van der Waals surface area contributed by atoms with Crippen molar-refractivity contribution in [3.05, 3.63) is 35.4 Å². The van der Waals surface area contributed by atoms with Gasteiger partial charge in [-0.1, -0.05) is 43.7 Å². The highest BCUT2D eigenvalue weighted by Crippen LogP contribution is 2.32. The molecule has 1 aromatic carbocycles. The van der Waals surface area contributed by atoms with Crippen LogP contribution in [0.5, 0.6) is 0 Å². The summed E-state index contributed by atoms with van der Waals surface area (Å²) in [5.74, 6) is 0. The summed E-state index contributed by atoms with van der Waals surface area (Å²) >= 11 is 0. The molecule has 1 aliphatic rings. The summed E-state index contributed by atoms with van der Waals surface area (Å²) in [4.78, 5) is 2.66. The molecule has 2 nitrogen and oxygen atoms in total. The summed E-state index contributed by atoms with van der Waals surface area (Å²) < 4.78 is 0. The number of likely N-dealkylation sites (tertiary alicyclic amines) is 1. The first-order chi connectivity index (χ1) is 9.62. The Balaban J connectivity index is 2.16. The summed E-state index contributed by atoms with van der Waals surface area (Å²) in [5, 5.41) is 0. The second kappa shape index (κ2) is 6.73. The summed E-state index contributed by atoms with van der Waals surface area (Å²) in [6.07, 6.45) is 5.95. The quantitative estimate of drug-likeness (QED) is 0.860. The third-order valence-corrected chi connectivity index (χ3v) is 5.19. The molecule has 0 aliphatic carbocycles. The monoisotopic (exact) mass is 274 g/mol. The van der Waals surface area contributed by atoms with E-state index in [1.165, 1.54) is 37.1 Å². The molecule has 2 heteroatoms. The molecule has 0 amide bonds. The lowest BCUT2D eigenvalue weighted by molar-refractivity contribution is 0.0768. The number of hydrogen-bond acceptors (Lipinski definition) is 2. The fourth-order valence-corrected chi connectivity index (χ4v) is 3.90. The summed E-state index contributed by atoms with van der Waals surface area (Å²) in [5.41, 5.74) is 9.58. The second-order valence-electron chi connectivity index (χ2n) is 6.30. The van der Waals surface area contributed by atoms with Crippen LogP contribution in [-0.2, 0) is 6.42 Å².